The van der Waals surface area contributed by atoms with Gasteiger partial charge in [0.15, 0.2) is 0 Å². The lowest BCUT2D eigenvalue weighted by atomic mass is 10.1. The van der Waals surface area contributed by atoms with Crippen molar-refractivity contribution in [2.45, 2.75) is 20.0 Å². The standard InChI is InChI=1S/C16H20ClN5O/c1-4-22(9(2)23)8-13-20-14-11-7-10(17)5-6-12(11)19-16(18)15(14)21(13)3/h5-7,13,20H,4,8H2,1-3H3,(H2,18,19). The molecule has 0 radical (unpaired) electrons. The SMILES string of the molecule is CCN(CC1Nc2c(c(N)nc3ccc(Cl)cc23)N1C)C(C)=O. The molecule has 1 amide bonds. The highest BCUT2D eigenvalue weighted by Crippen LogP contribution is 2.43. The van der Waals surface area contributed by atoms with Crippen LogP contribution in [0, 0.1) is 0 Å². The smallest absolute Gasteiger partial charge is 0.219 e. The van der Waals surface area contributed by atoms with Crippen molar-refractivity contribution >= 4 is 45.6 Å². The van der Waals surface area contributed by atoms with Crippen LogP contribution in [-0.2, 0) is 4.79 Å². The van der Waals surface area contributed by atoms with E-state index in [9.17, 15) is 4.79 Å². The minimum absolute atomic E-state index is 0.0532. The number of anilines is 3. The van der Waals surface area contributed by atoms with E-state index in [-0.39, 0.29) is 12.1 Å². The Labute approximate surface area is 140 Å². The number of benzene rings is 1. The number of likely N-dealkylation sites (N-methyl/N-ethyl adjacent to an activating group) is 2. The van der Waals surface area contributed by atoms with E-state index in [1.807, 2.05) is 31.0 Å². The third kappa shape index (κ3) is 2.63. The molecule has 2 heterocycles. The molecule has 1 aromatic carbocycles. The van der Waals surface area contributed by atoms with Crippen molar-refractivity contribution in [2.75, 3.05) is 36.1 Å². The quantitative estimate of drug-likeness (QED) is 0.902. The molecule has 0 fully saturated rings. The molecule has 0 bridgehead atoms. The Bertz CT molecular complexity index is 779. The van der Waals surface area contributed by atoms with Crippen LogP contribution in [0.5, 0.6) is 0 Å². The summed E-state index contributed by atoms with van der Waals surface area (Å²) >= 11 is 6.13. The van der Waals surface area contributed by atoms with Gasteiger partial charge in [-0.25, -0.2) is 4.98 Å². The van der Waals surface area contributed by atoms with E-state index < -0.39 is 0 Å². The van der Waals surface area contributed by atoms with Crippen molar-refractivity contribution < 1.29 is 4.79 Å². The van der Waals surface area contributed by atoms with Crippen LogP contribution in [0.4, 0.5) is 17.2 Å². The maximum absolute atomic E-state index is 11.7. The molecule has 1 aromatic heterocycles. The van der Waals surface area contributed by atoms with Gasteiger partial charge >= 0.3 is 0 Å². The number of aromatic nitrogens is 1. The normalized spacial score (nSPS) is 16.3. The Morgan fingerprint density at radius 2 is 2.26 bits per heavy atom. The molecule has 1 unspecified atom stereocenters. The Hall–Kier alpha value is -2.21. The lowest BCUT2D eigenvalue weighted by Gasteiger charge is -2.28. The molecule has 1 atom stereocenters. The molecule has 0 saturated carbocycles. The maximum Gasteiger partial charge on any atom is 0.219 e. The Morgan fingerprint density at radius 1 is 1.52 bits per heavy atom. The minimum Gasteiger partial charge on any atom is -0.382 e. The second kappa shape index (κ2) is 5.77. The van der Waals surface area contributed by atoms with E-state index in [1.54, 1.807) is 17.9 Å². The highest BCUT2D eigenvalue weighted by Gasteiger charge is 2.31. The molecule has 7 heteroatoms. The summed E-state index contributed by atoms with van der Waals surface area (Å²) in [7, 11) is 1.95. The summed E-state index contributed by atoms with van der Waals surface area (Å²) in [4.78, 5) is 20.0. The average Bonchev–Trinajstić information content (AvgIpc) is 2.83. The number of nitrogens with two attached hydrogens (primary N) is 1. The Balaban J connectivity index is 2.02. The topological polar surface area (TPSA) is 74.5 Å². The summed E-state index contributed by atoms with van der Waals surface area (Å²) < 4.78 is 0. The molecule has 3 rings (SSSR count). The molecule has 6 nitrogen and oxygen atoms in total. The van der Waals surface area contributed by atoms with Gasteiger partial charge in [0.25, 0.3) is 0 Å². The predicted molar refractivity (Wildman–Crippen MR) is 94.9 cm³/mol. The number of halogens is 1. The van der Waals surface area contributed by atoms with Crippen molar-refractivity contribution in [3.8, 4) is 0 Å². The van der Waals surface area contributed by atoms with Crippen LogP contribution in [0.3, 0.4) is 0 Å². The zero-order chi connectivity index (χ0) is 16.7. The molecule has 3 N–H and O–H groups in total. The number of carbonyl (C=O) groups excluding carboxylic acids is 1. The summed E-state index contributed by atoms with van der Waals surface area (Å²) in [5.74, 6) is 0.524. The van der Waals surface area contributed by atoms with Crippen molar-refractivity contribution in [3.63, 3.8) is 0 Å². The number of nitrogens with zero attached hydrogens (tertiary/aromatic N) is 3. The van der Waals surface area contributed by atoms with Gasteiger partial charge in [-0.2, -0.15) is 0 Å². The molecular formula is C16H20ClN5O. The van der Waals surface area contributed by atoms with Crippen LogP contribution in [0.15, 0.2) is 18.2 Å². The molecule has 122 valence electrons. The molecule has 2 aromatic rings. The molecule has 23 heavy (non-hydrogen) atoms. The first-order valence-electron chi connectivity index (χ1n) is 7.56. The summed E-state index contributed by atoms with van der Waals surface area (Å²) in [6, 6.07) is 5.54. The number of nitrogen functional groups attached to an aromatic ring is 1. The van der Waals surface area contributed by atoms with Gasteiger partial charge in [0.05, 0.1) is 17.7 Å². The number of amides is 1. The van der Waals surface area contributed by atoms with Crippen LogP contribution in [0.1, 0.15) is 13.8 Å². The third-order valence-corrected chi connectivity index (χ3v) is 4.53. The summed E-state index contributed by atoms with van der Waals surface area (Å²) in [6.07, 6.45) is -0.0532. The van der Waals surface area contributed by atoms with Gasteiger partial charge in [0.2, 0.25) is 5.91 Å². The summed E-state index contributed by atoms with van der Waals surface area (Å²) in [5, 5.41) is 5.05. The second-order valence-electron chi connectivity index (χ2n) is 5.71. The number of hydrogen-bond acceptors (Lipinski definition) is 5. The van der Waals surface area contributed by atoms with Gasteiger partial charge in [0, 0.05) is 30.9 Å². The van der Waals surface area contributed by atoms with Gasteiger partial charge in [-0.1, -0.05) is 11.6 Å². The molecular weight excluding hydrogens is 314 g/mol. The van der Waals surface area contributed by atoms with Crippen LogP contribution < -0.4 is 16.0 Å². The van der Waals surface area contributed by atoms with Gasteiger partial charge in [-0.3, -0.25) is 4.79 Å². The summed E-state index contributed by atoms with van der Waals surface area (Å²) in [6.45, 7) is 4.78. The average molecular weight is 334 g/mol. The van der Waals surface area contributed by atoms with Crippen molar-refractivity contribution in [2.24, 2.45) is 0 Å². The van der Waals surface area contributed by atoms with Gasteiger partial charge < -0.3 is 20.9 Å². The highest BCUT2D eigenvalue weighted by atomic mass is 35.5. The minimum atomic E-state index is -0.0532. The van der Waals surface area contributed by atoms with E-state index in [4.69, 9.17) is 17.3 Å². The van der Waals surface area contributed by atoms with E-state index in [0.717, 1.165) is 22.3 Å². The largest absolute Gasteiger partial charge is 0.382 e. The molecule has 1 aliphatic rings. The second-order valence-corrected chi connectivity index (χ2v) is 6.15. The Morgan fingerprint density at radius 3 is 2.91 bits per heavy atom. The van der Waals surface area contributed by atoms with Gasteiger partial charge in [0.1, 0.15) is 17.7 Å². The zero-order valence-electron chi connectivity index (χ0n) is 13.4. The number of fused-ring (bicyclic) bond motifs is 3. The van der Waals surface area contributed by atoms with Crippen molar-refractivity contribution in [1.29, 1.82) is 0 Å². The number of pyridine rings is 1. The van der Waals surface area contributed by atoms with Crippen molar-refractivity contribution in [1.82, 2.24) is 9.88 Å². The van der Waals surface area contributed by atoms with E-state index in [0.29, 0.717) is 23.9 Å². The highest BCUT2D eigenvalue weighted by molar-refractivity contribution is 6.31. The number of hydrogen-bond donors (Lipinski definition) is 2. The first-order chi connectivity index (χ1) is 10.9. The number of rotatable bonds is 3. The Kier molecular flexibility index (Phi) is 3.93. The van der Waals surface area contributed by atoms with E-state index in [2.05, 4.69) is 10.3 Å². The third-order valence-electron chi connectivity index (χ3n) is 4.30. The van der Waals surface area contributed by atoms with Crippen LogP contribution in [-0.4, -0.2) is 42.1 Å². The van der Waals surface area contributed by atoms with Crippen molar-refractivity contribution in [3.05, 3.63) is 23.2 Å². The van der Waals surface area contributed by atoms with Crippen LogP contribution >= 0.6 is 11.6 Å². The fraction of sp³-hybridized carbons (Fsp3) is 0.375. The predicted octanol–water partition coefficient (Wildman–Crippen LogP) is 2.53. The first-order valence-corrected chi connectivity index (χ1v) is 7.93. The summed E-state index contributed by atoms with van der Waals surface area (Å²) in [5.41, 5.74) is 8.71. The fourth-order valence-electron chi connectivity index (χ4n) is 3.02. The van der Waals surface area contributed by atoms with Gasteiger partial charge in [-0.15, -0.1) is 0 Å². The van der Waals surface area contributed by atoms with E-state index in [1.165, 1.54) is 0 Å². The number of nitrogens with one attached hydrogen (secondary N) is 1. The monoisotopic (exact) mass is 333 g/mol. The molecule has 0 saturated heterocycles. The van der Waals surface area contributed by atoms with E-state index >= 15 is 0 Å². The first kappa shape index (κ1) is 15.7. The lowest BCUT2D eigenvalue weighted by molar-refractivity contribution is -0.128. The number of carbonyl (C=O) groups is 1. The zero-order valence-corrected chi connectivity index (χ0v) is 14.2. The fourth-order valence-corrected chi connectivity index (χ4v) is 3.20. The van der Waals surface area contributed by atoms with Gasteiger partial charge in [-0.05, 0) is 25.1 Å². The molecule has 1 aliphatic heterocycles. The maximum atomic E-state index is 11.7. The molecule has 0 aliphatic carbocycles. The lowest BCUT2D eigenvalue weighted by Crippen LogP contribution is -2.45. The van der Waals surface area contributed by atoms with Crippen LogP contribution in [0.2, 0.25) is 5.02 Å². The van der Waals surface area contributed by atoms with Crippen LogP contribution in [0.25, 0.3) is 10.9 Å². The molecule has 0 spiro atoms.